The lowest BCUT2D eigenvalue weighted by Gasteiger charge is -2.31. The van der Waals surface area contributed by atoms with Crippen molar-refractivity contribution in [3.8, 4) is 0 Å². The molecule has 0 radical (unpaired) electrons. The van der Waals surface area contributed by atoms with Gasteiger partial charge in [0.2, 0.25) is 0 Å². The van der Waals surface area contributed by atoms with Crippen LogP contribution >= 0.6 is 0 Å². The second-order valence-electron chi connectivity index (χ2n) is 4.46. The van der Waals surface area contributed by atoms with Gasteiger partial charge in [0.05, 0.1) is 5.92 Å². The molecule has 0 spiro atoms. The maximum Gasteiger partial charge on any atom is 0.471 e. The van der Waals surface area contributed by atoms with Crippen LogP contribution in [0.5, 0.6) is 0 Å². The molecule has 0 saturated carbocycles. The fraction of sp³-hybridized carbons (Fsp3) is 0.900. The number of carbonyl (C=O) groups excluding carboxylic acids is 1. The summed E-state index contributed by atoms with van der Waals surface area (Å²) in [6.45, 7) is -0.450. The third-order valence-electron chi connectivity index (χ3n) is 3.02. The first-order valence-corrected chi connectivity index (χ1v) is 5.76. The molecule has 1 amide bonds. The molecule has 0 aliphatic carbocycles. The van der Waals surface area contributed by atoms with Crippen molar-refractivity contribution < 1.29 is 31.1 Å². The van der Waals surface area contributed by atoms with Crippen molar-refractivity contribution in [1.29, 1.82) is 0 Å². The van der Waals surface area contributed by atoms with Gasteiger partial charge in [0.25, 0.3) is 0 Å². The lowest BCUT2D eigenvalue weighted by Crippen LogP contribution is -2.46. The highest BCUT2D eigenvalue weighted by Gasteiger charge is 2.41. The Hall–Kier alpha value is -0.990. The number of nitrogens with one attached hydrogen (secondary N) is 2. The third-order valence-corrected chi connectivity index (χ3v) is 3.02. The minimum atomic E-state index is -4.93. The molecule has 19 heavy (non-hydrogen) atoms. The van der Waals surface area contributed by atoms with E-state index in [9.17, 15) is 31.1 Å². The second kappa shape index (κ2) is 5.98. The lowest BCUT2D eigenvalue weighted by atomic mass is 9.93. The van der Waals surface area contributed by atoms with Crippen LogP contribution in [-0.4, -0.2) is 37.4 Å². The van der Waals surface area contributed by atoms with E-state index in [0.29, 0.717) is 0 Å². The standard InChI is InChI=1S/C10H14F6N2O/c11-9(12,13)6-1-2-7(18-5-6)3-4-17-8(19)10(14,15)16/h6-7,18H,1-5H2,(H,17,19). The number of hydrogen-bond donors (Lipinski definition) is 2. The molecule has 0 bridgehead atoms. The van der Waals surface area contributed by atoms with Crippen LogP contribution in [0.4, 0.5) is 26.3 Å². The average Bonchev–Trinajstić information content (AvgIpc) is 2.27. The van der Waals surface area contributed by atoms with Crippen LogP contribution in [-0.2, 0) is 4.79 Å². The Balaban J connectivity index is 2.22. The summed E-state index contributed by atoms with van der Waals surface area (Å²) < 4.78 is 72.5. The van der Waals surface area contributed by atoms with E-state index in [4.69, 9.17) is 0 Å². The number of carbonyl (C=O) groups is 1. The minimum absolute atomic E-state index is 0.0472. The van der Waals surface area contributed by atoms with Crippen LogP contribution < -0.4 is 10.6 Å². The Kier molecular flexibility index (Phi) is 5.05. The van der Waals surface area contributed by atoms with Crippen molar-refractivity contribution in [2.45, 2.75) is 37.7 Å². The Labute approximate surface area is 105 Å². The molecule has 1 saturated heterocycles. The monoisotopic (exact) mass is 292 g/mol. The van der Waals surface area contributed by atoms with E-state index in [1.807, 2.05) is 0 Å². The summed E-state index contributed by atoms with van der Waals surface area (Å²) in [5.41, 5.74) is 0. The summed E-state index contributed by atoms with van der Waals surface area (Å²) in [5, 5.41) is 4.32. The molecule has 2 N–H and O–H groups in total. The van der Waals surface area contributed by atoms with Crippen molar-refractivity contribution in [3.05, 3.63) is 0 Å². The van der Waals surface area contributed by atoms with Gasteiger partial charge >= 0.3 is 18.3 Å². The molecular weight excluding hydrogens is 278 g/mol. The van der Waals surface area contributed by atoms with Gasteiger partial charge in [0.15, 0.2) is 0 Å². The molecule has 2 atom stereocenters. The molecular formula is C10H14F6N2O. The van der Waals surface area contributed by atoms with Gasteiger partial charge in [-0.3, -0.25) is 4.79 Å². The van der Waals surface area contributed by atoms with Gasteiger partial charge in [-0.1, -0.05) is 0 Å². The van der Waals surface area contributed by atoms with Crippen molar-refractivity contribution in [2.75, 3.05) is 13.1 Å². The molecule has 2 unspecified atom stereocenters. The predicted molar refractivity (Wildman–Crippen MR) is 54.3 cm³/mol. The average molecular weight is 292 g/mol. The molecule has 1 heterocycles. The second-order valence-corrected chi connectivity index (χ2v) is 4.46. The highest BCUT2D eigenvalue weighted by atomic mass is 19.4. The van der Waals surface area contributed by atoms with Crippen LogP contribution in [0.1, 0.15) is 19.3 Å². The fourth-order valence-corrected chi connectivity index (χ4v) is 1.90. The lowest BCUT2D eigenvalue weighted by molar-refractivity contribution is -0.179. The number of rotatable bonds is 3. The smallest absolute Gasteiger partial charge is 0.348 e. The summed E-state index contributed by atoms with van der Waals surface area (Å²) in [4.78, 5) is 10.5. The topological polar surface area (TPSA) is 41.1 Å². The van der Waals surface area contributed by atoms with Crippen LogP contribution in [0.3, 0.4) is 0 Å². The molecule has 112 valence electrons. The van der Waals surface area contributed by atoms with E-state index < -0.39 is 24.2 Å². The van der Waals surface area contributed by atoms with E-state index in [0.717, 1.165) is 0 Å². The first-order chi connectivity index (χ1) is 8.60. The summed E-state index contributed by atoms with van der Waals surface area (Å²) >= 11 is 0. The van der Waals surface area contributed by atoms with Crippen LogP contribution in [0.15, 0.2) is 0 Å². The summed E-state index contributed by atoms with van der Waals surface area (Å²) in [6.07, 6.45) is -8.82. The Bertz CT molecular complexity index is 306. The van der Waals surface area contributed by atoms with Crippen LogP contribution in [0.25, 0.3) is 0 Å². The first kappa shape index (κ1) is 16.1. The quantitative estimate of drug-likeness (QED) is 0.781. The van der Waals surface area contributed by atoms with Crippen molar-refractivity contribution >= 4 is 5.91 Å². The van der Waals surface area contributed by atoms with Gasteiger partial charge in [-0.15, -0.1) is 0 Å². The van der Waals surface area contributed by atoms with E-state index in [1.165, 1.54) is 0 Å². The Morgan fingerprint density at radius 3 is 2.21 bits per heavy atom. The molecule has 1 aliphatic heterocycles. The SMILES string of the molecule is O=C(NCCC1CCC(C(F)(F)F)CN1)C(F)(F)F. The highest BCUT2D eigenvalue weighted by Crippen LogP contribution is 2.32. The van der Waals surface area contributed by atoms with Gasteiger partial charge in [-0.05, 0) is 19.3 Å². The van der Waals surface area contributed by atoms with Crippen molar-refractivity contribution in [2.24, 2.45) is 5.92 Å². The van der Waals surface area contributed by atoms with Crippen LogP contribution in [0, 0.1) is 5.92 Å². The summed E-state index contributed by atoms with van der Waals surface area (Å²) in [6, 6.07) is -0.299. The zero-order valence-corrected chi connectivity index (χ0v) is 9.87. The predicted octanol–water partition coefficient (Wildman–Crippen LogP) is 1.99. The van der Waals surface area contributed by atoms with Crippen molar-refractivity contribution in [3.63, 3.8) is 0 Å². The van der Waals surface area contributed by atoms with Gasteiger partial charge in [0, 0.05) is 19.1 Å². The fourth-order valence-electron chi connectivity index (χ4n) is 1.90. The molecule has 0 aromatic rings. The zero-order valence-electron chi connectivity index (χ0n) is 9.87. The minimum Gasteiger partial charge on any atom is -0.348 e. The van der Waals surface area contributed by atoms with Gasteiger partial charge in [0.1, 0.15) is 0 Å². The zero-order chi connectivity index (χ0) is 14.7. The van der Waals surface area contributed by atoms with E-state index in [1.54, 1.807) is 5.32 Å². The number of halogens is 6. The van der Waals surface area contributed by atoms with E-state index in [-0.39, 0.29) is 38.4 Å². The molecule has 1 rings (SSSR count). The molecule has 9 heteroatoms. The number of amides is 1. The molecule has 1 aliphatic rings. The third kappa shape index (κ3) is 5.25. The van der Waals surface area contributed by atoms with Gasteiger partial charge in [-0.2, -0.15) is 26.3 Å². The largest absolute Gasteiger partial charge is 0.471 e. The number of alkyl halides is 6. The van der Waals surface area contributed by atoms with Crippen molar-refractivity contribution in [1.82, 2.24) is 10.6 Å². The van der Waals surface area contributed by atoms with E-state index in [2.05, 4.69) is 5.32 Å². The number of hydrogen-bond acceptors (Lipinski definition) is 2. The molecule has 1 fully saturated rings. The maximum atomic E-state index is 12.3. The summed E-state index contributed by atoms with van der Waals surface area (Å²) in [7, 11) is 0. The maximum absolute atomic E-state index is 12.3. The first-order valence-electron chi connectivity index (χ1n) is 5.76. The van der Waals surface area contributed by atoms with Crippen LogP contribution in [0.2, 0.25) is 0 Å². The summed E-state index contributed by atoms with van der Waals surface area (Å²) in [5.74, 6) is -3.44. The van der Waals surface area contributed by atoms with E-state index >= 15 is 0 Å². The normalized spacial score (nSPS) is 25.2. The Morgan fingerprint density at radius 1 is 1.16 bits per heavy atom. The molecule has 0 aromatic carbocycles. The Morgan fingerprint density at radius 2 is 1.79 bits per heavy atom. The number of piperidine rings is 1. The molecule has 3 nitrogen and oxygen atoms in total. The molecule has 0 aromatic heterocycles. The highest BCUT2D eigenvalue weighted by molar-refractivity contribution is 5.81. The van der Waals surface area contributed by atoms with Gasteiger partial charge in [-0.25, -0.2) is 0 Å². The van der Waals surface area contributed by atoms with Gasteiger partial charge < -0.3 is 10.6 Å².